The highest BCUT2D eigenvalue weighted by atomic mass is 16.5. The van der Waals surface area contributed by atoms with Crippen molar-refractivity contribution in [2.75, 3.05) is 7.11 Å². The average molecular weight is 313 g/mol. The molecule has 1 N–H and O–H groups in total. The molecule has 2 aromatic carbocycles. The second-order valence-corrected chi connectivity index (χ2v) is 5.52. The molecule has 2 rings (SSSR count). The molecule has 0 saturated heterocycles. The van der Waals surface area contributed by atoms with E-state index in [0.29, 0.717) is 6.54 Å². The number of benzene rings is 2. The molecule has 0 aromatic heterocycles. The molecule has 122 valence electrons. The molecule has 0 spiro atoms. The van der Waals surface area contributed by atoms with Crippen LogP contribution >= 0.6 is 0 Å². The molecule has 4 heteroatoms. The van der Waals surface area contributed by atoms with Crippen LogP contribution in [0.4, 0.5) is 0 Å². The van der Waals surface area contributed by atoms with Crippen molar-refractivity contribution < 1.29 is 14.3 Å². The van der Waals surface area contributed by atoms with Gasteiger partial charge in [-0.1, -0.05) is 24.3 Å². The van der Waals surface area contributed by atoms with Gasteiger partial charge in [-0.2, -0.15) is 0 Å². The number of carbonyl (C=O) groups excluding carboxylic acids is 1. The van der Waals surface area contributed by atoms with E-state index in [4.69, 9.17) is 9.47 Å². The van der Waals surface area contributed by atoms with E-state index in [2.05, 4.69) is 5.32 Å². The zero-order valence-electron chi connectivity index (χ0n) is 14.1. The molecule has 0 unspecified atom stereocenters. The van der Waals surface area contributed by atoms with Gasteiger partial charge in [0.15, 0.2) is 6.10 Å². The SMILES string of the molecule is COc1ccc(CNC(=O)[C@@H](C)Oc2cccc(C)c2C)cc1. The number of rotatable bonds is 6. The monoisotopic (exact) mass is 313 g/mol. The Balaban J connectivity index is 1.90. The lowest BCUT2D eigenvalue weighted by atomic mass is 10.1. The molecule has 0 heterocycles. The maximum atomic E-state index is 12.2. The number of hydrogen-bond donors (Lipinski definition) is 1. The van der Waals surface area contributed by atoms with Gasteiger partial charge < -0.3 is 14.8 Å². The lowest BCUT2D eigenvalue weighted by Gasteiger charge is -2.17. The predicted molar refractivity (Wildman–Crippen MR) is 90.8 cm³/mol. The maximum absolute atomic E-state index is 12.2. The van der Waals surface area contributed by atoms with Gasteiger partial charge in [-0.05, 0) is 55.7 Å². The molecule has 0 fully saturated rings. The number of ether oxygens (including phenoxy) is 2. The summed E-state index contributed by atoms with van der Waals surface area (Å²) in [4.78, 5) is 12.2. The molecule has 1 atom stereocenters. The number of nitrogens with one attached hydrogen (secondary N) is 1. The van der Waals surface area contributed by atoms with Crippen molar-refractivity contribution in [1.29, 1.82) is 0 Å². The zero-order chi connectivity index (χ0) is 16.8. The Morgan fingerprint density at radius 3 is 2.48 bits per heavy atom. The van der Waals surface area contributed by atoms with Gasteiger partial charge in [0.05, 0.1) is 7.11 Å². The first kappa shape index (κ1) is 16.9. The fraction of sp³-hybridized carbons (Fsp3) is 0.316. The van der Waals surface area contributed by atoms with Gasteiger partial charge in [0.2, 0.25) is 0 Å². The molecule has 4 nitrogen and oxygen atoms in total. The van der Waals surface area contributed by atoms with E-state index in [1.165, 1.54) is 0 Å². The first-order chi connectivity index (χ1) is 11.0. The summed E-state index contributed by atoms with van der Waals surface area (Å²) in [7, 11) is 1.63. The van der Waals surface area contributed by atoms with Crippen LogP contribution in [0.3, 0.4) is 0 Å². The standard InChI is InChI=1S/C19H23NO3/c1-13-6-5-7-18(14(13)2)23-15(3)19(21)20-12-16-8-10-17(22-4)11-9-16/h5-11,15H,12H2,1-4H3,(H,20,21)/t15-/m1/s1. The van der Waals surface area contributed by atoms with Crippen LogP contribution in [0, 0.1) is 13.8 Å². The summed E-state index contributed by atoms with van der Waals surface area (Å²) in [6.07, 6.45) is -0.547. The third-order valence-electron chi connectivity index (χ3n) is 3.85. The zero-order valence-corrected chi connectivity index (χ0v) is 14.1. The van der Waals surface area contributed by atoms with Crippen molar-refractivity contribution in [3.8, 4) is 11.5 Å². The summed E-state index contributed by atoms with van der Waals surface area (Å²) in [5.41, 5.74) is 3.22. The predicted octanol–water partition coefficient (Wildman–Crippen LogP) is 3.40. The van der Waals surface area contributed by atoms with Crippen molar-refractivity contribution in [3.63, 3.8) is 0 Å². The lowest BCUT2D eigenvalue weighted by Crippen LogP contribution is -2.36. The maximum Gasteiger partial charge on any atom is 0.261 e. The smallest absolute Gasteiger partial charge is 0.261 e. The van der Waals surface area contributed by atoms with Gasteiger partial charge in [0.25, 0.3) is 5.91 Å². The van der Waals surface area contributed by atoms with Crippen LogP contribution in [0.2, 0.25) is 0 Å². The van der Waals surface area contributed by atoms with Crippen LogP contribution in [-0.2, 0) is 11.3 Å². The Hall–Kier alpha value is -2.49. The normalized spacial score (nSPS) is 11.7. The van der Waals surface area contributed by atoms with E-state index in [1.54, 1.807) is 14.0 Å². The molecule has 0 radical (unpaired) electrons. The summed E-state index contributed by atoms with van der Waals surface area (Å²) in [6.45, 7) is 6.23. The minimum absolute atomic E-state index is 0.137. The van der Waals surface area contributed by atoms with Gasteiger partial charge in [0.1, 0.15) is 11.5 Å². The van der Waals surface area contributed by atoms with E-state index in [1.807, 2.05) is 56.3 Å². The number of amides is 1. The van der Waals surface area contributed by atoms with Gasteiger partial charge in [-0.3, -0.25) is 4.79 Å². The first-order valence-corrected chi connectivity index (χ1v) is 7.64. The van der Waals surface area contributed by atoms with Crippen molar-refractivity contribution in [3.05, 3.63) is 59.2 Å². The summed E-state index contributed by atoms with van der Waals surface area (Å²) in [5.74, 6) is 1.41. The lowest BCUT2D eigenvalue weighted by molar-refractivity contribution is -0.127. The Labute approximate surface area is 137 Å². The van der Waals surface area contributed by atoms with Crippen LogP contribution in [0.25, 0.3) is 0 Å². The van der Waals surface area contributed by atoms with Crippen molar-refractivity contribution >= 4 is 5.91 Å². The highest BCUT2D eigenvalue weighted by Gasteiger charge is 2.15. The highest BCUT2D eigenvalue weighted by Crippen LogP contribution is 2.21. The summed E-state index contributed by atoms with van der Waals surface area (Å²) in [5, 5.41) is 2.89. The third kappa shape index (κ3) is 4.49. The number of carbonyl (C=O) groups is 1. The number of aryl methyl sites for hydroxylation is 1. The van der Waals surface area contributed by atoms with Gasteiger partial charge in [-0.25, -0.2) is 0 Å². The molecule has 23 heavy (non-hydrogen) atoms. The molecule has 0 saturated carbocycles. The van der Waals surface area contributed by atoms with Gasteiger partial charge in [0, 0.05) is 6.54 Å². The molecule has 2 aromatic rings. The van der Waals surface area contributed by atoms with Crippen molar-refractivity contribution in [2.45, 2.75) is 33.4 Å². The quantitative estimate of drug-likeness (QED) is 0.889. The molecular formula is C19H23NO3. The second kappa shape index (κ2) is 7.68. The topological polar surface area (TPSA) is 47.6 Å². The summed E-state index contributed by atoms with van der Waals surface area (Å²) in [6, 6.07) is 13.4. The van der Waals surface area contributed by atoms with E-state index in [9.17, 15) is 4.79 Å². The number of methoxy groups -OCH3 is 1. The van der Waals surface area contributed by atoms with Crippen LogP contribution in [0.1, 0.15) is 23.6 Å². The number of hydrogen-bond acceptors (Lipinski definition) is 3. The Bertz CT molecular complexity index is 665. The van der Waals surface area contributed by atoms with Crippen LogP contribution in [0.5, 0.6) is 11.5 Å². The molecule has 0 aliphatic carbocycles. The molecular weight excluding hydrogens is 290 g/mol. The fourth-order valence-electron chi connectivity index (χ4n) is 2.17. The Kier molecular flexibility index (Phi) is 5.63. The molecule has 0 aliphatic rings. The van der Waals surface area contributed by atoms with Crippen LogP contribution in [-0.4, -0.2) is 19.1 Å². The molecule has 1 amide bonds. The van der Waals surface area contributed by atoms with Crippen molar-refractivity contribution in [2.24, 2.45) is 0 Å². The molecule has 0 bridgehead atoms. The third-order valence-corrected chi connectivity index (χ3v) is 3.85. The summed E-state index contributed by atoms with van der Waals surface area (Å²) < 4.78 is 10.9. The minimum atomic E-state index is -0.547. The fourth-order valence-corrected chi connectivity index (χ4v) is 2.17. The Morgan fingerprint density at radius 1 is 1.13 bits per heavy atom. The second-order valence-electron chi connectivity index (χ2n) is 5.52. The van der Waals surface area contributed by atoms with E-state index >= 15 is 0 Å². The molecule has 0 aliphatic heterocycles. The first-order valence-electron chi connectivity index (χ1n) is 7.64. The van der Waals surface area contributed by atoms with Crippen molar-refractivity contribution in [1.82, 2.24) is 5.32 Å². The van der Waals surface area contributed by atoms with E-state index < -0.39 is 6.10 Å². The van der Waals surface area contributed by atoms with E-state index in [0.717, 1.165) is 28.2 Å². The van der Waals surface area contributed by atoms with Gasteiger partial charge in [-0.15, -0.1) is 0 Å². The average Bonchev–Trinajstić information content (AvgIpc) is 2.57. The minimum Gasteiger partial charge on any atom is -0.497 e. The van der Waals surface area contributed by atoms with Crippen LogP contribution < -0.4 is 14.8 Å². The van der Waals surface area contributed by atoms with E-state index in [-0.39, 0.29) is 5.91 Å². The summed E-state index contributed by atoms with van der Waals surface area (Å²) >= 11 is 0. The van der Waals surface area contributed by atoms with Crippen LogP contribution in [0.15, 0.2) is 42.5 Å². The largest absolute Gasteiger partial charge is 0.497 e. The van der Waals surface area contributed by atoms with Gasteiger partial charge >= 0.3 is 0 Å². The Morgan fingerprint density at radius 2 is 1.83 bits per heavy atom. The highest BCUT2D eigenvalue weighted by molar-refractivity contribution is 5.80.